The minimum Gasteiger partial charge on any atom is -0.258 e. The van der Waals surface area contributed by atoms with E-state index in [9.17, 15) is 44.4 Å². The standard InChI is InChI=1S/C8H3F6NO4S/c9-7(10,8(11,12)13)4-1-2-6(20(14,18)19)5(3-4)15(16)17/h1-3H. The summed E-state index contributed by atoms with van der Waals surface area (Å²) in [5.74, 6) is -5.45. The first kappa shape index (κ1) is 16.2. The van der Waals surface area contributed by atoms with E-state index in [1.165, 1.54) is 0 Å². The van der Waals surface area contributed by atoms with E-state index >= 15 is 0 Å². The van der Waals surface area contributed by atoms with Gasteiger partial charge in [-0.3, -0.25) is 10.1 Å². The monoisotopic (exact) mass is 323 g/mol. The van der Waals surface area contributed by atoms with Gasteiger partial charge in [-0.05, 0) is 6.07 Å². The molecule has 0 aliphatic heterocycles. The molecule has 1 aromatic rings. The van der Waals surface area contributed by atoms with Crippen LogP contribution in [-0.4, -0.2) is 19.5 Å². The van der Waals surface area contributed by atoms with Gasteiger partial charge in [-0.25, -0.2) is 0 Å². The lowest BCUT2D eigenvalue weighted by molar-refractivity contribution is -0.388. The van der Waals surface area contributed by atoms with Crippen molar-refractivity contribution < 1.29 is 39.2 Å². The summed E-state index contributed by atoms with van der Waals surface area (Å²) in [6, 6.07) is -0.407. The highest BCUT2D eigenvalue weighted by Gasteiger charge is 2.59. The van der Waals surface area contributed by atoms with E-state index in [0.717, 1.165) is 0 Å². The first-order valence-electron chi connectivity index (χ1n) is 4.46. The van der Waals surface area contributed by atoms with Crippen LogP contribution in [0.3, 0.4) is 0 Å². The number of alkyl halides is 5. The van der Waals surface area contributed by atoms with E-state index < -0.39 is 43.4 Å². The minimum absolute atomic E-state index is 0.0253. The van der Waals surface area contributed by atoms with Crippen molar-refractivity contribution in [3.8, 4) is 0 Å². The second-order valence-corrected chi connectivity index (χ2v) is 4.77. The van der Waals surface area contributed by atoms with E-state index in [1.807, 2.05) is 0 Å². The van der Waals surface area contributed by atoms with Crippen LogP contribution in [0.15, 0.2) is 23.1 Å². The SMILES string of the molecule is O=[N+]([O-])c1cc(C(F)(F)C(F)(F)F)ccc1S(=O)(=O)F. The van der Waals surface area contributed by atoms with E-state index in [2.05, 4.69) is 0 Å². The van der Waals surface area contributed by atoms with Crippen LogP contribution in [0.1, 0.15) is 5.56 Å². The average Bonchev–Trinajstić information content (AvgIpc) is 2.25. The lowest BCUT2D eigenvalue weighted by Crippen LogP contribution is -2.33. The summed E-state index contributed by atoms with van der Waals surface area (Å²) in [5.41, 5.74) is -3.59. The lowest BCUT2D eigenvalue weighted by atomic mass is 10.1. The number of nitro benzene ring substituents is 1. The average molecular weight is 323 g/mol. The summed E-state index contributed by atoms with van der Waals surface area (Å²) < 4.78 is 95.8. The van der Waals surface area contributed by atoms with Crippen molar-refractivity contribution in [3.05, 3.63) is 33.9 Å². The third-order valence-electron chi connectivity index (χ3n) is 2.14. The van der Waals surface area contributed by atoms with Gasteiger partial charge in [0.05, 0.1) is 4.92 Å². The molecular formula is C8H3F6NO4S. The van der Waals surface area contributed by atoms with Gasteiger partial charge in [0.25, 0.3) is 5.69 Å². The maximum Gasteiger partial charge on any atom is 0.458 e. The summed E-state index contributed by atoms with van der Waals surface area (Å²) in [6.07, 6.45) is -6.04. The predicted molar refractivity (Wildman–Crippen MR) is 51.3 cm³/mol. The van der Waals surface area contributed by atoms with Gasteiger partial charge in [0.2, 0.25) is 0 Å². The Labute approximate surface area is 107 Å². The second kappa shape index (κ2) is 4.61. The Bertz CT molecular complexity index is 653. The van der Waals surface area contributed by atoms with Crippen LogP contribution in [0.25, 0.3) is 0 Å². The van der Waals surface area contributed by atoms with Crippen molar-refractivity contribution in [1.29, 1.82) is 0 Å². The summed E-state index contributed by atoms with van der Waals surface area (Å²) in [4.78, 5) is 7.26. The van der Waals surface area contributed by atoms with Gasteiger partial charge in [-0.2, -0.15) is 30.4 Å². The first-order valence-corrected chi connectivity index (χ1v) is 5.85. The highest BCUT2D eigenvalue weighted by atomic mass is 32.3. The van der Waals surface area contributed by atoms with Gasteiger partial charge in [-0.15, -0.1) is 3.89 Å². The number of nitrogens with zero attached hydrogens (tertiary/aromatic N) is 1. The van der Waals surface area contributed by atoms with Crippen LogP contribution in [0.4, 0.5) is 31.5 Å². The lowest BCUT2D eigenvalue weighted by Gasteiger charge is -2.19. The van der Waals surface area contributed by atoms with E-state index in [-0.39, 0.29) is 18.2 Å². The van der Waals surface area contributed by atoms with Gasteiger partial charge in [0.15, 0.2) is 4.90 Å². The summed E-state index contributed by atoms with van der Waals surface area (Å²) in [7, 11) is -5.64. The fourth-order valence-corrected chi connectivity index (χ4v) is 1.84. The number of benzene rings is 1. The molecule has 0 saturated carbocycles. The Morgan fingerprint density at radius 1 is 1.10 bits per heavy atom. The highest BCUT2D eigenvalue weighted by Crippen LogP contribution is 2.45. The van der Waals surface area contributed by atoms with Crippen LogP contribution in [0, 0.1) is 10.1 Å². The zero-order valence-electron chi connectivity index (χ0n) is 8.99. The molecule has 0 fully saturated rings. The van der Waals surface area contributed by atoms with Gasteiger partial charge >= 0.3 is 22.3 Å². The molecule has 1 aromatic carbocycles. The third kappa shape index (κ3) is 2.84. The topological polar surface area (TPSA) is 77.3 Å². The Balaban J connectivity index is 3.59. The Hall–Kier alpha value is -1.85. The molecular weight excluding hydrogens is 320 g/mol. The Morgan fingerprint density at radius 3 is 1.95 bits per heavy atom. The molecule has 112 valence electrons. The summed E-state index contributed by atoms with van der Waals surface area (Å²) in [6.45, 7) is 0. The molecule has 0 bridgehead atoms. The number of rotatable bonds is 3. The zero-order valence-corrected chi connectivity index (χ0v) is 9.80. The van der Waals surface area contributed by atoms with Crippen LogP contribution < -0.4 is 0 Å². The maximum absolute atomic E-state index is 12.9. The largest absolute Gasteiger partial charge is 0.458 e. The van der Waals surface area contributed by atoms with Crippen molar-refractivity contribution in [2.75, 3.05) is 0 Å². The number of nitro groups is 1. The molecule has 20 heavy (non-hydrogen) atoms. The number of hydrogen-bond acceptors (Lipinski definition) is 4. The third-order valence-corrected chi connectivity index (χ3v) is 3.01. The van der Waals surface area contributed by atoms with Crippen molar-refractivity contribution in [2.45, 2.75) is 17.0 Å². The van der Waals surface area contributed by atoms with E-state index in [4.69, 9.17) is 0 Å². The van der Waals surface area contributed by atoms with Gasteiger partial charge in [-0.1, -0.05) is 6.07 Å². The summed E-state index contributed by atoms with van der Waals surface area (Å²) in [5, 5.41) is 10.4. The van der Waals surface area contributed by atoms with Crippen LogP contribution in [-0.2, 0) is 16.1 Å². The van der Waals surface area contributed by atoms with Gasteiger partial charge in [0, 0.05) is 11.6 Å². The second-order valence-electron chi connectivity index (χ2n) is 3.45. The van der Waals surface area contributed by atoms with Gasteiger partial charge < -0.3 is 0 Å². The highest BCUT2D eigenvalue weighted by molar-refractivity contribution is 7.86. The van der Waals surface area contributed by atoms with Crippen LogP contribution in [0.2, 0.25) is 0 Å². The van der Waals surface area contributed by atoms with Crippen molar-refractivity contribution in [1.82, 2.24) is 0 Å². The van der Waals surface area contributed by atoms with E-state index in [1.54, 1.807) is 0 Å². The predicted octanol–water partition coefficient (Wildman–Crippen LogP) is 2.91. The number of hydrogen-bond donors (Lipinski definition) is 0. The molecule has 0 unspecified atom stereocenters. The molecule has 5 nitrogen and oxygen atoms in total. The van der Waals surface area contributed by atoms with Crippen molar-refractivity contribution >= 4 is 15.9 Å². The summed E-state index contributed by atoms with van der Waals surface area (Å²) >= 11 is 0. The Morgan fingerprint density at radius 2 is 1.60 bits per heavy atom. The Kier molecular flexibility index (Phi) is 3.74. The van der Waals surface area contributed by atoms with Gasteiger partial charge in [0.1, 0.15) is 0 Å². The zero-order chi connectivity index (χ0) is 15.9. The molecule has 0 aliphatic rings. The van der Waals surface area contributed by atoms with Crippen molar-refractivity contribution in [2.24, 2.45) is 0 Å². The van der Waals surface area contributed by atoms with Crippen LogP contribution >= 0.6 is 0 Å². The molecule has 0 aliphatic carbocycles. The molecule has 12 heteroatoms. The fourth-order valence-electron chi connectivity index (χ4n) is 1.23. The number of halogens is 6. The minimum atomic E-state index is -6.04. The van der Waals surface area contributed by atoms with E-state index in [0.29, 0.717) is 0 Å². The normalized spacial score (nSPS) is 13.3. The molecule has 0 radical (unpaired) electrons. The molecule has 0 heterocycles. The molecule has 0 atom stereocenters. The molecule has 0 aromatic heterocycles. The molecule has 0 spiro atoms. The molecule has 1 rings (SSSR count). The molecule has 0 N–H and O–H groups in total. The van der Waals surface area contributed by atoms with Crippen molar-refractivity contribution in [3.63, 3.8) is 0 Å². The molecule has 0 saturated heterocycles. The fraction of sp³-hybridized carbons (Fsp3) is 0.250. The first-order chi connectivity index (χ1) is 8.78. The molecule has 0 amide bonds. The van der Waals surface area contributed by atoms with Crippen LogP contribution in [0.5, 0.6) is 0 Å². The smallest absolute Gasteiger partial charge is 0.258 e. The quantitative estimate of drug-likeness (QED) is 0.371. The maximum atomic E-state index is 12.9.